The van der Waals surface area contributed by atoms with Gasteiger partial charge in [-0.15, -0.1) is 0 Å². The second kappa shape index (κ2) is 10.5. The molecular weight excluding hydrogens is 574 g/mol. The third-order valence-corrected chi connectivity index (χ3v) is 10.1. The summed E-state index contributed by atoms with van der Waals surface area (Å²) in [6.07, 6.45) is 2.48. The number of aromatic hydroxyl groups is 1. The lowest BCUT2D eigenvalue weighted by Gasteiger charge is -2.50. The van der Waals surface area contributed by atoms with Crippen LogP contribution in [0.3, 0.4) is 0 Å². The Balaban J connectivity index is 1.49. The Labute approximate surface area is 260 Å². The molecule has 7 rings (SSSR count). The maximum absolute atomic E-state index is 15.1. The number of hydrazine groups is 1. The van der Waals surface area contributed by atoms with E-state index >= 15 is 4.79 Å². The minimum absolute atomic E-state index is 0.140. The van der Waals surface area contributed by atoms with Gasteiger partial charge in [0.05, 0.1) is 43.1 Å². The van der Waals surface area contributed by atoms with Crippen molar-refractivity contribution in [2.75, 3.05) is 19.6 Å². The Morgan fingerprint density at radius 1 is 0.911 bits per heavy atom. The summed E-state index contributed by atoms with van der Waals surface area (Å²) in [6.45, 7) is 1.95. The van der Waals surface area contributed by atoms with Crippen molar-refractivity contribution in [3.63, 3.8) is 0 Å². The molecule has 10 heteroatoms. The first kappa shape index (κ1) is 28.6. The molecular formula is C35H33N3O7. The molecule has 4 amide bonds. The first-order valence-electron chi connectivity index (χ1n) is 15.0. The largest absolute Gasteiger partial charge is 0.502 e. The number of phenols is 1. The summed E-state index contributed by atoms with van der Waals surface area (Å²) >= 11 is 0. The summed E-state index contributed by atoms with van der Waals surface area (Å²) in [4.78, 5) is 55.7. The number of nitrogens with one attached hydrogen (secondary N) is 2. The number of amides is 4. The van der Waals surface area contributed by atoms with Crippen LogP contribution in [0.4, 0.5) is 5.69 Å². The molecule has 0 radical (unpaired) electrons. The smallest absolute Gasteiger partial charge is 0.260 e. The lowest BCUT2D eigenvalue weighted by molar-refractivity contribution is -0.138. The van der Waals surface area contributed by atoms with Crippen molar-refractivity contribution >= 4 is 29.3 Å². The van der Waals surface area contributed by atoms with Crippen molar-refractivity contribution in [3.05, 3.63) is 95.1 Å². The first-order valence-corrected chi connectivity index (χ1v) is 15.0. The highest BCUT2D eigenvalue weighted by Crippen LogP contribution is 2.64. The quantitative estimate of drug-likeness (QED) is 0.283. The lowest BCUT2D eigenvalue weighted by Crippen LogP contribution is -2.53. The highest BCUT2D eigenvalue weighted by Gasteiger charge is 2.70. The Morgan fingerprint density at radius 3 is 2.22 bits per heavy atom. The zero-order valence-corrected chi connectivity index (χ0v) is 25.1. The van der Waals surface area contributed by atoms with Gasteiger partial charge in [0.2, 0.25) is 17.6 Å². The Kier molecular flexibility index (Phi) is 6.68. The molecule has 2 saturated heterocycles. The predicted molar refractivity (Wildman–Crippen MR) is 163 cm³/mol. The second-order valence-electron chi connectivity index (χ2n) is 12.2. The number of hydrogen-bond acceptors (Lipinski definition) is 8. The van der Waals surface area contributed by atoms with Crippen LogP contribution in [0.5, 0.6) is 17.2 Å². The molecule has 0 unspecified atom stereocenters. The Hall–Kier alpha value is -5.12. The summed E-state index contributed by atoms with van der Waals surface area (Å²) in [7, 11) is 2.85. The summed E-state index contributed by atoms with van der Waals surface area (Å²) in [5, 5.41) is 14.4. The van der Waals surface area contributed by atoms with Crippen LogP contribution in [0, 0.1) is 30.6 Å². The highest BCUT2D eigenvalue weighted by atomic mass is 16.5. The molecule has 10 nitrogen and oxygen atoms in total. The van der Waals surface area contributed by atoms with Crippen molar-refractivity contribution in [3.8, 4) is 17.2 Å². The van der Waals surface area contributed by atoms with Gasteiger partial charge in [0.15, 0.2) is 11.5 Å². The average Bonchev–Trinajstić information content (AvgIpc) is 3.46. The van der Waals surface area contributed by atoms with Crippen LogP contribution in [0.2, 0.25) is 0 Å². The van der Waals surface area contributed by atoms with Crippen LogP contribution >= 0.6 is 0 Å². The van der Waals surface area contributed by atoms with Crippen LogP contribution in [0.1, 0.15) is 35.4 Å². The number of anilines is 1. The molecule has 230 valence electrons. The van der Waals surface area contributed by atoms with E-state index in [1.165, 1.54) is 14.2 Å². The molecule has 0 bridgehead atoms. The standard InChI is InChI=1S/C35H33N3O7/c1-18-9-11-21(12-10-18)37-38-33(42)25-17-24-22(13-14-23-28(24)32(41)36-31(23)40)29(19-15-26(44-2)30(39)27(16-19)45-3)35(25,34(38)43)20-7-5-4-6-8-20/h4-13,15-16,23-25,28-29,37,39H,14,17H2,1-3H3,(H,36,40,41)/t23-,24+,25-,28-,29-,35+/m0/s1. The zero-order chi connectivity index (χ0) is 31.6. The van der Waals surface area contributed by atoms with E-state index in [1.807, 2.05) is 67.6 Å². The summed E-state index contributed by atoms with van der Waals surface area (Å²) in [6, 6.07) is 20.0. The molecule has 45 heavy (non-hydrogen) atoms. The van der Waals surface area contributed by atoms with Gasteiger partial charge in [0, 0.05) is 5.92 Å². The Bertz CT molecular complexity index is 1740. The van der Waals surface area contributed by atoms with E-state index < -0.39 is 46.8 Å². The minimum atomic E-state index is -1.43. The number of carbonyl (C=O) groups is 4. The number of fused-ring (bicyclic) bond motifs is 4. The van der Waals surface area contributed by atoms with E-state index in [0.29, 0.717) is 23.2 Å². The first-order chi connectivity index (χ1) is 21.7. The summed E-state index contributed by atoms with van der Waals surface area (Å²) in [5.41, 5.74) is 5.27. The van der Waals surface area contributed by atoms with Crippen molar-refractivity contribution in [2.45, 2.75) is 31.1 Å². The van der Waals surface area contributed by atoms with Crippen molar-refractivity contribution < 1.29 is 33.8 Å². The molecule has 4 aliphatic rings. The highest BCUT2D eigenvalue weighted by molar-refractivity contribution is 6.13. The lowest BCUT2D eigenvalue weighted by atomic mass is 9.49. The van der Waals surface area contributed by atoms with Crippen LogP contribution in [-0.2, 0) is 24.6 Å². The molecule has 6 atom stereocenters. The van der Waals surface area contributed by atoms with Gasteiger partial charge in [0.1, 0.15) is 0 Å². The van der Waals surface area contributed by atoms with Gasteiger partial charge in [-0.2, -0.15) is 5.01 Å². The number of rotatable bonds is 6. The van der Waals surface area contributed by atoms with E-state index in [0.717, 1.165) is 16.1 Å². The summed E-state index contributed by atoms with van der Waals surface area (Å²) in [5.74, 6) is -4.80. The van der Waals surface area contributed by atoms with E-state index in [9.17, 15) is 19.5 Å². The number of benzene rings is 3. The molecule has 3 fully saturated rings. The summed E-state index contributed by atoms with van der Waals surface area (Å²) < 4.78 is 11.1. The van der Waals surface area contributed by atoms with Gasteiger partial charge in [-0.1, -0.05) is 59.7 Å². The SMILES string of the molecule is COc1cc([C@H]2C3=CC[C@@H]4C(=O)NC(=O)[C@@H]4[C@@H]3C[C@H]3C(=O)N(Nc4ccc(C)cc4)C(=O)[C@@]23c2ccccc2)cc(OC)c1O. The third-order valence-electron chi connectivity index (χ3n) is 10.1. The molecule has 3 aromatic rings. The van der Waals surface area contributed by atoms with Gasteiger partial charge in [-0.05, 0) is 61.1 Å². The van der Waals surface area contributed by atoms with E-state index in [1.54, 1.807) is 12.1 Å². The molecule has 2 heterocycles. The number of aryl methyl sites for hydroxylation is 1. The van der Waals surface area contributed by atoms with Gasteiger partial charge >= 0.3 is 0 Å². The number of phenolic OH excluding ortho intramolecular Hbond substituents is 1. The molecule has 3 N–H and O–H groups in total. The second-order valence-corrected chi connectivity index (χ2v) is 12.2. The van der Waals surface area contributed by atoms with Crippen LogP contribution in [0.25, 0.3) is 0 Å². The normalized spacial score (nSPS) is 28.6. The van der Waals surface area contributed by atoms with Gasteiger partial charge in [0.25, 0.3) is 11.8 Å². The molecule has 0 spiro atoms. The Morgan fingerprint density at radius 2 is 1.58 bits per heavy atom. The van der Waals surface area contributed by atoms with Crippen molar-refractivity contribution in [2.24, 2.45) is 23.7 Å². The molecule has 1 saturated carbocycles. The van der Waals surface area contributed by atoms with E-state index in [4.69, 9.17) is 9.47 Å². The van der Waals surface area contributed by atoms with Gasteiger partial charge in [-0.25, -0.2) is 0 Å². The fourth-order valence-electron chi connectivity index (χ4n) is 8.11. The maximum atomic E-state index is 15.1. The topological polar surface area (TPSA) is 134 Å². The number of ether oxygens (including phenoxy) is 2. The average molecular weight is 608 g/mol. The van der Waals surface area contributed by atoms with Gasteiger partial charge in [-0.3, -0.25) is 29.9 Å². The number of carbonyl (C=O) groups excluding carboxylic acids is 4. The van der Waals surface area contributed by atoms with Crippen molar-refractivity contribution in [1.29, 1.82) is 0 Å². The van der Waals surface area contributed by atoms with Crippen LogP contribution in [-0.4, -0.2) is 48.0 Å². The monoisotopic (exact) mass is 607 g/mol. The molecule has 3 aromatic carbocycles. The molecule has 2 aliphatic carbocycles. The van der Waals surface area contributed by atoms with E-state index in [2.05, 4.69) is 10.7 Å². The van der Waals surface area contributed by atoms with Crippen molar-refractivity contribution in [1.82, 2.24) is 10.3 Å². The minimum Gasteiger partial charge on any atom is -0.502 e. The fraction of sp³-hybridized carbons (Fsp3) is 0.314. The van der Waals surface area contributed by atoms with Crippen LogP contribution < -0.4 is 20.2 Å². The fourth-order valence-corrected chi connectivity index (χ4v) is 8.11. The maximum Gasteiger partial charge on any atom is 0.260 e. The van der Waals surface area contributed by atoms with Gasteiger partial charge < -0.3 is 14.6 Å². The predicted octanol–water partition coefficient (Wildman–Crippen LogP) is 3.99. The zero-order valence-electron chi connectivity index (χ0n) is 25.1. The number of nitrogens with zero attached hydrogens (tertiary/aromatic N) is 1. The van der Waals surface area contributed by atoms with E-state index in [-0.39, 0.29) is 35.5 Å². The number of methoxy groups -OCH3 is 2. The molecule has 2 aliphatic heterocycles. The number of hydrogen-bond donors (Lipinski definition) is 3. The number of imide groups is 2. The molecule has 0 aromatic heterocycles. The van der Waals surface area contributed by atoms with Crippen LogP contribution in [0.15, 0.2) is 78.4 Å². The number of allylic oxidation sites excluding steroid dienone is 2. The third kappa shape index (κ3) is 4.08.